The molecular weight excluding hydrogens is 268 g/mol. The summed E-state index contributed by atoms with van der Waals surface area (Å²) in [5.74, 6) is 0.377. The minimum Gasteiger partial charge on any atom is -0.394 e. The quantitative estimate of drug-likeness (QED) is 0.723. The van der Waals surface area contributed by atoms with E-state index in [0.717, 1.165) is 24.1 Å². The van der Waals surface area contributed by atoms with Gasteiger partial charge in [-0.3, -0.25) is 0 Å². The molecule has 1 atom stereocenters. The molecule has 0 spiro atoms. The summed E-state index contributed by atoms with van der Waals surface area (Å²) in [7, 11) is 0. The number of carbonyl (C=O) groups is 1. The van der Waals surface area contributed by atoms with Gasteiger partial charge in [0.25, 0.3) is 0 Å². The van der Waals surface area contributed by atoms with Crippen LogP contribution in [0.4, 0.5) is 10.5 Å². The largest absolute Gasteiger partial charge is 0.394 e. The Morgan fingerprint density at radius 1 is 1.38 bits per heavy atom. The number of aliphatic hydroxyl groups is 1. The average Bonchev–Trinajstić information content (AvgIpc) is 3.31. The third-order valence-corrected chi connectivity index (χ3v) is 3.89. The van der Waals surface area contributed by atoms with Gasteiger partial charge in [0.15, 0.2) is 0 Å². The molecule has 3 N–H and O–H groups in total. The van der Waals surface area contributed by atoms with Gasteiger partial charge in [0.2, 0.25) is 0 Å². The van der Waals surface area contributed by atoms with Gasteiger partial charge in [-0.2, -0.15) is 0 Å². The second-order valence-corrected chi connectivity index (χ2v) is 5.76. The van der Waals surface area contributed by atoms with Crippen molar-refractivity contribution >= 4 is 11.7 Å². The van der Waals surface area contributed by atoms with Crippen molar-refractivity contribution in [1.29, 1.82) is 0 Å². The summed E-state index contributed by atoms with van der Waals surface area (Å²) in [4.78, 5) is 12.0. The molecular formula is C16H24N2O3. The van der Waals surface area contributed by atoms with Crippen molar-refractivity contribution in [3.8, 4) is 0 Å². The maximum Gasteiger partial charge on any atom is 0.319 e. The second-order valence-electron chi connectivity index (χ2n) is 5.76. The minimum atomic E-state index is -0.529. The molecule has 1 aliphatic carbocycles. The van der Waals surface area contributed by atoms with E-state index in [1.165, 1.54) is 0 Å². The maximum atomic E-state index is 12.0. The van der Waals surface area contributed by atoms with Crippen LogP contribution in [0, 0.1) is 5.92 Å². The van der Waals surface area contributed by atoms with Gasteiger partial charge < -0.3 is 20.5 Å². The Morgan fingerprint density at radius 3 is 2.57 bits per heavy atom. The van der Waals surface area contributed by atoms with Crippen LogP contribution in [-0.4, -0.2) is 29.9 Å². The second kappa shape index (κ2) is 6.91. The van der Waals surface area contributed by atoms with Crippen LogP contribution in [0.15, 0.2) is 24.3 Å². The number of anilines is 1. The van der Waals surface area contributed by atoms with Crippen molar-refractivity contribution < 1.29 is 14.6 Å². The molecule has 1 aliphatic rings. The molecule has 5 heteroatoms. The lowest BCUT2D eigenvalue weighted by molar-refractivity contribution is 0.134. The number of amides is 2. The predicted molar refractivity (Wildman–Crippen MR) is 82.1 cm³/mol. The number of nitrogens with one attached hydrogen (secondary N) is 2. The van der Waals surface area contributed by atoms with E-state index in [0.29, 0.717) is 19.1 Å². The van der Waals surface area contributed by atoms with E-state index in [-0.39, 0.29) is 12.6 Å². The number of benzene rings is 1. The summed E-state index contributed by atoms with van der Waals surface area (Å²) in [5.41, 5.74) is 1.27. The van der Waals surface area contributed by atoms with E-state index in [2.05, 4.69) is 10.6 Å². The minimum absolute atomic E-state index is 0.0433. The fraction of sp³-hybridized carbons (Fsp3) is 0.562. The Bertz CT molecular complexity index is 471. The van der Waals surface area contributed by atoms with Gasteiger partial charge >= 0.3 is 6.03 Å². The topological polar surface area (TPSA) is 70.6 Å². The Kier molecular flexibility index (Phi) is 5.20. The molecule has 1 fully saturated rings. The van der Waals surface area contributed by atoms with Crippen molar-refractivity contribution in [2.75, 3.05) is 18.5 Å². The summed E-state index contributed by atoms with van der Waals surface area (Å²) in [6.07, 6.45) is 2.12. The Hall–Kier alpha value is -1.59. The van der Waals surface area contributed by atoms with Gasteiger partial charge in [-0.15, -0.1) is 0 Å². The van der Waals surface area contributed by atoms with Gasteiger partial charge in [0.1, 0.15) is 0 Å². The molecule has 2 rings (SSSR count). The molecule has 0 heterocycles. The van der Waals surface area contributed by atoms with Crippen LogP contribution in [0.2, 0.25) is 0 Å². The number of carbonyl (C=O) groups excluding carboxylic acids is 1. The summed E-state index contributed by atoms with van der Waals surface area (Å²) in [5, 5.41) is 15.1. The highest BCUT2D eigenvalue weighted by molar-refractivity contribution is 5.89. The molecule has 2 amide bonds. The Balaban J connectivity index is 1.87. The predicted octanol–water partition coefficient (Wildman–Crippen LogP) is 2.51. The van der Waals surface area contributed by atoms with Crippen LogP contribution < -0.4 is 10.6 Å². The van der Waals surface area contributed by atoms with E-state index in [4.69, 9.17) is 4.74 Å². The van der Waals surface area contributed by atoms with E-state index >= 15 is 0 Å². The Morgan fingerprint density at radius 2 is 2.05 bits per heavy atom. The SMILES string of the molecule is CCOCc1ccc(NC(=O)NC(C)(CO)C2CC2)cc1. The van der Waals surface area contributed by atoms with Crippen molar-refractivity contribution in [3.63, 3.8) is 0 Å². The third-order valence-electron chi connectivity index (χ3n) is 3.89. The number of urea groups is 1. The average molecular weight is 292 g/mol. The molecule has 1 aromatic carbocycles. The molecule has 116 valence electrons. The summed E-state index contributed by atoms with van der Waals surface area (Å²) in [6.45, 7) is 5.06. The van der Waals surface area contributed by atoms with Crippen LogP contribution in [0.5, 0.6) is 0 Å². The van der Waals surface area contributed by atoms with Crippen molar-refractivity contribution in [2.45, 2.75) is 38.8 Å². The molecule has 1 unspecified atom stereocenters. The summed E-state index contributed by atoms with van der Waals surface area (Å²) < 4.78 is 5.33. The van der Waals surface area contributed by atoms with Gasteiger partial charge in [0, 0.05) is 12.3 Å². The van der Waals surface area contributed by atoms with Crippen molar-refractivity contribution in [3.05, 3.63) is 29.8 Å². The summed E-state index contributed by atoms with van der Waals surface area (Å²) >= 11 is 0. The lowest BCUT2D eigenvalue weighted by atomic mass is 9.97. The monoisotopic (exact) mass is 292 g/mol. The third kappa shape index (κ3) is 4.44. The zero-order valence-electron chi connectivity index (χ0n) is 12.7. The lowest BCUT2D eigenvalue weighted by Gasteiger charge is -2.28. The number of hydrogen-bond acceptors (Lipinski definition) is 3. The highest BCUT2D eigenvalue weighted by Crippen LogP contribution is 2.39. The first kappa shape index (κ1) is 15.8. The van der Waals surface area contributed by atoms with Crippen LogP contribution >= 0.6 is 0 Å². The molecule has 0 bridgehead atoms. The van der Waals surface area contributed by atoms with Crippen LogP contribution in [0.25, 0.3) is 0 Å². The van der Waals surface area contributed by atoms with E-state index < -0.39 is 5.54 Å². The highest BCUT2D eigenvalue weighted by atomic mass is 16.5. The van der Waals surface area contributed by atoms with Gasteiger partial charge in [-0.05, 0) is 50.3 Å². The molecule has 1 saturated carbocycles. The number of ether oxygens (including phenoxy) is 1. The zero-order valence-corrected chi connectivity index (χ0v) is 12.7. The number of aliphatic hydroxyl groups excluding tert-OH is 1. The first-order valence-electron chi connectivity index (χ1n) is 7.44. The van der Waals surface area contributed by atoms with Crippen molar-refractivity contribution in [2.24, 2.45) is 5.92 Å². The molecule has 0 saturated heterocycles. The highest BCUT2D eigenvalue weighted by Gasteiger charge is 2.42. The lowest BCUT2D eigenvalue weighted by Crippen LogP contribution is -2.52. The summed E-state index contributed by atoms with van der Waals surface area (Å²) in [6, 6.07) is 7.27. The van der Waals surface area contributed by atoms with Gasteiger partial charge in [-0.1, -0.05) is 12.1 Å². The van der Waals surface area contributed by atoms with Gasteiger partial charge in [-0.25, -0.2) is 4.79 Å². The molecule has 1 aromatic rings. The van der Waals surface area contributed by atoms with E-state index in [1.807, 2.05) is 38.1 Å². The van der Waals surface area contributed by atoms with E-state index in [1.54, 1.807) is 0 Å². The van der Waals surface area contributed by atoms with Crippen LogP contribution in [0.1, 0.15) is 32.3 Å². The van der Waals surface area contributed by atoms with E-state index in [9.17, 15) is 9.90 Å². The number of hydrogen-bond donors (Lipinski definition) is 3. The van der Waals surface area contributed by atoms with Gasteiger partial charge in [0.05, 0.1) is 18.8 Å². The van der Waals surface area contributed by atoms with Crippen molar-refractivity contribution in [1.82, 2.24) is 5.32 Å². The first-order chi connectivity index (χ1) is 10.1. The molecule has 0 radical (unpaired) electrons. The fourth-order valence-electron chi connectivity index (χ4n) is 2.32. The smallest absolute Gasteiger partial charge is 0.319 e. The number of rotatable bonds is 7. The fourth-order valence-corrected chi connectivity index (χ4v) is 2.32. The molecule has 0 aromatic heterocycles. The zero-order chi connectivity index (χ0) is 15.3. The normalized spacial score (nSPS) is 17.1. The Labute approximate surface area is 125 Å². The molecule has 0 aliphatic heterocycles. The molecule has 21 heavy (non-hydrogen) atoms. The van der Waals surface area contributed by atoms with Crippen LogP contribution in [0.3, 0.4) is 0 Å². The maximum absolute atomic E-state index is 12.0. The molecule has 5 nitrogen and oxygen atoms in total. The standard InChI is InChI=1S/C16H24N2O3/c1-3-21-10-12-4-8-14(9-5-12)17-15(20)18-16(2,11-19)13-6-7-13/h4-5,8-9,13,19H,3,6-7,10-11H2,1-2H3,(H2,17,18,20). The van der Waals surface area contributed by atoms with Crippen LogP contribution in [-0.2, 0) is 11.3 Å². The first-order valence-corrected chi connectivity index (χ1v) is 7.44.